The van der Waals surface area contributed by atoms with Crippen LogP contribution in [-0.4, -0.2) is 22.2 Å². The average molecular weight is 447 g/mol. The molecule has 31 heavy (non-hydrogen) atoms. The highest BCUT2D eigenvalue weighted by molar-refractivity contribution is 7.13. The number of carboxylic acid groups (broad SMARTS) is 2. The van der Waals surface area contributed by atoms with E-state index in [9.17, 15) is 19.8 Å². The standard InChI is InChI=1S/C25H18O4S2/c26-23(27)13-25(14-24(28)29)19-11-15(21-3-1-9-30-21)5-7-17(19)18-8-6-16(12-20(18)25)22-4-2-10-31-22/h1-12H,13-14H2,(H,26,27)(H,28,29). The van der Waals surface area contributed by atoms with Crippen molar-refractivity contribution in [2.75, 3.05) is 0 Å². The number of rotatable bonds is 6. The second-order valence-electron chi connectivity index (χ2n) is 7.70. The molecule has 0 radical (unpaired) electrons. The Morgan fingerprint density at radius 3 is 1.52 bits per heavy atom. The van der Waals surface area contributed by atoms with Gasteiger partial charge < -0.3 is 10.2 Å². The van der Waals surface area contributed by atoms with Crippen LogP contribution >= 0.6 is 22.7 Å². The van der Waals surface area contributed by atoms with E-state index in [1.807, 2.05) is 71.4 Å². The molecule has 6 heteroatoms. The summed E-state index contributed by atoms with van der Waals surface area (Å²) in [6.07, 6.45) is -0.553. The van der Waals surface area contributed by atoms with Crippen LogP contribution in [0.4, 0.5) is 0 Å². The van der Waals surface area contributed by atoms with E-state index in [2.05, 4.69) is 0 Å². The SMILES string of the molecule is O=C(O)CC1(CC(=O)O)c2cc(-c3cccs3)ccc2-c2ccc(-c3cccs3)cc21. The Bertz CT molecular complexity index is 1190. The Labute approximate surface area is 187 Å². The Kier molecular flexibility index (Phi) is 4.76. The fraction of sp³-hybridized carbons (Fsp3) is 0.120. The van der Waals surface area contributed by atoms with E-state index in [1.165, 1.54) is 0 Å². The molecule has 2 N–H and O–H groups in total. The summed E-state index contributed by atoms with van der Waals surface area (Å²) in [5.41, 5.74) is 4.21. The number of hydrogen-bond acceptors (Lipinski definition) is 4. The molecule has 0 saturated carbocycles. The van der Waals surface area contributed by atoms with Gasteiger partial charge in [0.05, 0.1) is 12.8 Å². The van der Waals surface area contributed by atoms with Gasteiger partial charge in [-0.1, -0.05) is 36.4 Å². The molecular weight excluding hydrogens is 428 g/mol. The molecule has 0 bridgehead atoms. The summed E-state index contributed by atoms with van der Waals surface area (Å²) in [5, 5.41) is 23.6. The van der Waals surface area contributed by atoms with Crippen molar-refractivity contribution >= 4 is 34.6 Å². The number of carboxylic acids is 2. The first kappa shape index (κ1) is 19.7. The zero-order valence-corrected chi connectivity index (χ0v) is 18.0. The minimum atomic E-state index is -1.12. The third-order valence-corrected chi connectivity index (χ3v) is 7.72. The summed E-state index contributed by atoms with van der Waals surface area (Å²) in [6.45, 7) is 0. The zero-order valence-electron chi connectivity index (χ0n) is 16.4. The second kappa shape index (κ2) is 7.48. The molecule has 0 spiro atoms. The van der Waals surface area contributed by atoms with Crippen LogP contribution in [0.1, 0.15) is 24.0 Å². The van der Waals surface area contributed by atoms with Gasteiger partial charge in [0.2, 0.25) is 0 Å². The van der Waals surface area contributed by atoms with Crippen molar-refractivity contribution in [2.24, 2.45) is 0 Å². The van der Waals surface area contributed by atoms with E-state index in [4.69, 9.17) is 0 Å². The minimum absolute atomic E-state index is 0.277. The van der Waals surface area contributed by atoms with Crippen LogP contribution in [0.15, 0.2) is 71.4 Å². The van der Waals surface area contributed by atoms with Gasteiger partial charge in [0, 0.05) is 15.2 Å². The normalized spacial score (nSPS) is 13.5. The van der Waals surface area contributed by atoms with Crippen LogP contribution < -0.4 is 0 Å². The van der Waals surface area contributed by atoms with Crippen LogP contribution in [0.25, 0.3) is 32.0 Å². The van der Waals surface area contributed by atoms with E-state index >= 15 is 0 Å². The monoisotopic (exact) mass is 446 g/mol. The lowest BCUT2D eigenvalue weighted by Crippen LogP contribution is -2.31. The van der Waals surface area contributed by atoms with Crippen molar-refractivity contribution < 1.29 is 19.8 Å². The molecule has 0 amide bonds. The smallest absolute Gasteiger partial charge is 0.304 e. The van der Waals surface area contributed by atoms with Gasteiger partial charge >= 0.3 is 11.9 Å². The van der Waals surface area contributed by atoms with E-state index in [-0.39, 0.29) is 12.8 Å². The third-order valence-electron chi connectivity index (χ3n) is 5.88. The van der Waals surface area contributed by atoms with Gasteiger partial charge in [0.1, 0.15) is 0 Å². The van der Waals surface area contributed by atoms with Gasteiger partial charge in [0.15, 0.2) is 0 Å². The molecule has 4 nitrogen and oxygen atoms in total. The molecule has 2 aromatic carbocycles. The highest BCUT2D eigenvalue weighted by Crippen LogP contribution is 2.54. The van der Waals surface area contributed by atoms with E-state index in [0.717, 1.165) is 43.1 Å². The lowest BCUT2D eigenvalue weighted by Gasteiger charge is -2.29. The first-order valence-electron chi connectivity index (χ1n) is 9.79. The van der Waals surface area contributed by atoms with E-state index in [1.54, 1.807) is 22.7 Å². The van der Waals surface area contributed by atoms with Crippen molar-refractivity contribution in [3.05, 3.63) is 82.6 Å². The molecule has 154 valence electrons. The van der Waals surface area contributed by atoms with Gasteiger partial charge in [-0.05, 0) is 68.4 Å². The lowest BCUT2D eigenvalue weighted by atomic mass is 9.72. The van der Waals surface area contributed by atoms with Crippen molar-refractivity contribution in [1.29, 1.82) is 0 Å². The molecule has 1 aliphatic carbocycles. The average Bonchev–Trinajstić information content (AvgIpc) is 3.49. The Hall–Kier alpha value is -3.22. The van der Waals surface area contributed by atoms with Crippen LogP contribution in [0.2, 0.25) is 0 Å². The van der Waals surface area contributed by atoms with Crippen LogP contribution in [0.3, 0.4) is 0 Å². The number of thiophene rings is 2. The van der Waals surface area contributed by atoms with Gasteiger partial charge in [-0.15, -0.1) is 22.7 Å². The van der Waals surface area contributed by atoms with E-state index in [0.29, 0.717) is 0 Å². The molecule has 0 atom stereocenters. The fourth-order valence-corrected chi connectivity index (χ4v) is 6.09. The Balaban J connectivity index is 1.78. The van der Waals surface area contributed by atoms with Gasteiger partial charge in [0.25, 0.3) is 0 Å². The first-order valence-corrected chi connectivity index (χ1v) is 11.5. The van der Waals surface area contributed by atoms with Crippen LogP contribution in [0, 0.1) is 0 Å². The molecule has 2 aromatic heterocycles. The molecule has 0 fully saturated rings. The highest BCUT2D eigenvalue weighted by atomic mass is 32.1. The molecular formula is C25H18O4S2. The number of benzene rings is 2. The Morgan fingerprint density at radius 2 is 1.16 bits per heavy atom. The molecule has 5 rings (SSSR count). The zero-order chi connectivity index (χ0) is 21.6. The number of carbonyl (C=O) groups is 2. The largest absolute Gasteiger partial charge is 0.481 e. The van der Waals surface area contributed by atoms with Crippen molar-refractivity contribution in [2.45, 2.75) is 18.3 Å². The number of hydrogen-bond donors (Lipinski definition) is 2. The van der Waals surface area contributed by atoms with E-state index < -0.39 is 17.4 Å². The highest BCUT2D eigenvalue weighted by Gasteiger charge is 2.46. The van der Waals surface area contributed by atoms with Crippen LogP contribution in [-0.2, 0) is 15.0 Å². The number of aliphatic carboxylic acids is 2. The quantitative estimate of drug-likeness (QED) is 0.361. The molecule has 1 aliphatic rings. The maximum Gasteiger partial charge on any atom is 0.304 e. The van der Waals surface area contributed by atoms with Crippen molar-refractivity contribution in [1.82, 2.24) is 0 Å². The molecule has 0 saturated heterocycles. The van der Waals surface area contributed by atoms with Crippen LogP contribution in [0.5, 0.6) is 0 Å². The summed E-state index contributed by atoms with van der Waals surface area (Å²) in [6, 6.07) is 20.0. The minimum Gasteiger partial charge on any atom is -0.481 e. The molecule has 2 heterocycles. The first-order chi connectivity index (χ1) is 15.0. The van der Waals surface area contributed by atoms with Crippen molar-refractivity contribution in [3.8, 4) is 32.0 Å². The predicted octanol–water partition coefficient (Wildman–Crippen LogP) is 6.36. The number of fused-ring (bicyclic) bond motifs is 3. The molecule has 0 aliphatic heterocycles. The maximum absolute atomic E-state index is 12.0. The summed E-state index contributed by atoms with van der Waals surface area (Å²) in [5.74, 6) is -2.02. The summed E-state index contributed by atoms with van der Waals surface area (Å²) < 4.78 is 0. The van der Waals surface area contributed by atoms with Gasteiger partial charge in [-0.25, -0.2) is 0 Å². The summed E-state index contributed by atoms with van der Waals surface area (Å²) >= 11 is 3.21. The predicted molar refractivity (Wildman–Crippen MR) is 124 cm³/mol. The molecule has 0 unspecified atom stereocenters. The van der Waals surface area contributed by atoms with Gasteiger partial charge in [-0.2, -0.15) is 0 Å². The van der Waals surface area contributed by atoms with Crippen molar-refractivity contribution in [3.63, 3.8) is 0 Å². The summed E-state index contributed by atoms with van der Waals surface area (Å²) in [7, 11) is 0. The third kappa shape index (κ3) is 3.28. The second-order valence-corrected chi connectivity index (χ2v) is 9.59. The molecule has 4 aromatic rings. The lowest BCUT2D eigenvalue weighted by molar-refractivity contribution is -0.140. The topological polar surface area (TPSA) is 74.6 Å². The van der Waals surface area contributed by atoms with Gasteiger partial charge in [-0.3, -0.25) is 9.59 Å². The Morgan fingerprint density at radius 1 is 0.710 bits per heavy atom. The fourth-order valence-electron chi connectivity index (χ4n) is 4.65. The summed E-state index contributed by atoms with van der Waals surface area (Å²) in [4.78, 5) is 26.1. The maximum atomic E-state index is 12.0.